The Morgan fingerprint density at radius 2 is 1.80 bits per heavy atom. The lowest BCUT2D eigenvalue weighted by molar-refractivity contribution is 0.357. The number of hydrogen-bond acceptors (Lipinski definition) is 1. The summed E-state index contributed by atoms with van der Waals surface area (Å²) in [4.78, 5) is 0. The maximum absolute atomic E-state index is 6.30. The van der Waals surface area contributed by atoms with Crippen LogP contribution in [0.5, 0.6) is 0 Å². The highest BCUT2D eigenvalue weighted by Crippen LogP contribution is 2.23. The van der Waals surface area contributed by atoms with Crippen molar-refractivity contribution in [3.63, 3.8) is 0 Å². The predicted octanol–water partition coefficient (Wildman–Crippen LogP) is 5.18. The second kappa shape index (κ2) is 9.41. The Morgan fingerprint density at radius 3 is 2.40 bits per heavy atom. The van der Waals surface area contributed by atoms with Crippen molar-refractivity contribution in [3.05, 3.63) is 34.9 Å². The van der Waals surface area contributed by atoms with Gasteiger partial charge in [0.1, 0.15) is 0 Å². The molecule has 0 bridgehead atoms. The monoisotopic (exact) mass is 295 g/mol. The molecule has 0 spiro atoms. The number of rotatable bonds is 9. The molecule has 2 unspecified atom stereocenters. The van der Waals surface area contributed by atoms with E-state index in [9.17, 15) is 0 Å². The van der Waals surface area contributed by atoms with E-state index in [-0.39, 0.29) is 0 Å². The minimum absolute atomic E-state index is 0.670. The van der Waals surface area contributed by atoms with Crippen molar-refractivity contribution < 1.29 is 0 Å². The van der Waals surface area contributed by atoms with Crippen LogP contribution in [0.15, 0.2) is 24.3 Å². The van der Waals surface area contributed by atoms with Crippen molar-refractivity contribution >= 4 is 11.6 Å². The first-order valence-corrected chi connectivity index (χ1v) is 8.34. The van der Waals surface area contributed by atoms with Crippen LogP contribution < -0.4 is 5.32 Å². The summed E-state index contributed by atoms with van der Waals surface area (Å²) in [6.45, 7) is 11.3. The molecule has 2 atom stereocenters. The van der Waals surface area contributed by atoms with E-state index in [4.69, 9.17) is 11.6 Å². The van der Waals surface area contributed by atoms with Gasteiger partial charge in [-0.05, 0) is 55.3 Å². The average molecular weight is 296 g/mol. The molecule has 0 aliphatic heterocycles. The Balaban J connectivity index is 2.59. The average Bonchev–Trinajstić information content (AvgIpc) is 2.40. The van der Waals surface area contributed by atoms with Crippen LogP contribution in [0.25, 0.3) is 0 Å². The van der Waals surface area contributed by atoms with Crippen molar-refractivity contribution in [2.75, 3.05) is 13.1 Å². The molecule has 1 aromatic rings. The molecule has 0 aromatic heterocycles. The van der Waals surface area contributed by atoms with Gasteiger partial charge < -0.3 is 5.32 Å². The normalized spacial score (nSPS) is 14.5. The van der Waals surface area contributed by atoms with Gasteiger partial charge in [-0.1, -0.05) is 63.9 Å². The van der Waals surface area contributed by atoms with Gasteiger partial charge in [0, 0.05) is 5.02 Å². The van der Waals surface area contributed by atoms with Crippen LogP contribution >= 0.6 is 11.6 Å². The van der Waals surface area contributed by atoms with Gasteiger partial charge in [0.25, 0.3) is 0 Å². The zero-order chi connectivity index (χ0) is 15.0. The molecule has 1 aromatic carbocycles. The van der Waals surface area contributed by atoms with Crippen LogP contribution in [0.1, 0.15) is 46.1 Å². The number of nitrogens with one attached hydrogen (secondary N) is 1. The van der Waals surface area contributed by atoms with Gasteiger partial charge >= 0.3 is 0 Å². The summed E-state index contributed by atoms with van der Waals surface area (Å²) in [5, 5.41) is 4.52. The third-order valence-electron chi connectivity index (χ3n) is 3.88. The number of hydrogen-bond donors (Lipinski definition) is 1. The first kappa shape index (κ1) is 17.5. The maximum atomic E-state index is 6.30. The highest BCUT2D eigenvalue weighted by molar-refractivity contribution is 6.31. The standard InChI is InChI=1S/C18H30ClN/c1-5-15(4)10-16(13-20-12-14(2)3)11-17-8-6-7-9-18(17)19/h6-9,14-16,20H,5,10-13H2,1-4H3. The summed E-state index contributed by atoms with van der Waals surface area (Å²) in [7, 11) is 0. The SMILES string of the molecule is CCC(C)CC(CNCC(C)C)Cc1ccccc1Cl. The molecule has 1 nitrogen and oxygen atoms in total. The molecule has 1 rings (SSSR count). The fourth-order valence-corrected chi connectivity index (χ4v) is 2.74. The largest absolute Gasteiger partial charge is 0.316 e. The Morgan fingerprint density at radius 1 is 1.10 bits per heavy atom. The lowest BCUT2D eigenvalue weighted by Crippen LogP contribution is -2.28. The van der Waals surface area contributed by atoms with E-state index in [1.807, 2.05) is 12.1 Å². The molecule has 1 N–H and O–H groups in total. The lowest BCUT2D eigenvalue weighted by Gasteiger charge is -2.22. The van der Waals surface area contributed by atoms with E-state index >= 15 is 0 Å². The Bertz CT molecular complexity index is 375. The second-order valence-electron chi connectivity index (χ2n) is 6.46. The quantitative estimate of drug-likeness (QED) is 0.662. The highest BCUT2D eigenvalue weighted by Gasteiger charge is 2.14. The molecule has 20 heavy (non-hydrogen) atoms. The molecule has 114 valence electrons. The second-order valence-corrected chi connectivity index (χ2v) is 6.87. The molecular formula is C18H30ClN. The van der Waals surface area contributed by atoms with Crippen LogP contribution in [0.4, 0.5) is 0 Å². The topological polar surface area (TPSA) is 12.0 Å². The van der Waals surface area contributed by atoms with Crippen molar-refractivity contribution in [3.8, 4) is 0 Å². The van der Waals surface area contributed by atoms with Gasteiger partial charge in [0.2, 0.25) is 0 Å². The molecule has 0 radical (unpaired) electrons. The van der Waals surface area contributed by atoms with Crippen LogP contribution in [0, 0.1) is 17.8 Å². The van der Waals surface area contributed by atoms with Crippen molar-refractivity contribution in [1.82, 2.24) is 5.32 Å². The smallest absolute Gasteiger partial charge is 0.0438 e. The van der Waals surface area contributed by atoms with E-state index in [0.717, 1.165) is 30.5 Å². The molecular weight excluding hydrogens is 266 g/mol. The number of benzene rings is 1. The molecule has 0 saturated carbocycles. The first-order chi connectivity index (χ1) is 9.52. The molecule has 0 fully saturated rings. The van der Waals surface area contributed by atoms with Gasteiger partial charge in [-0.2, -0.15) is 0 Å². The third kappa shape index (κ3) is 6.76. The minimum Gasteiger partial charge on any atom is -0.316 e. The van der Waals surface area contributed by atoms with E-state index in [1.54, 1.807) is 0 Å². The van der Waals surface area contributed by atoms with Crippen LogP contribution in [-0.2, 0) is 6.42 Å². The number of halogens is 1. The molecule has 0 saturated heterocycles. The first-order valence-electron chi connectivity index (χ1n) is 7.97. The van der Waals surface area contributed by atoms with Gasteiger partial charge in [-0.3, -0.25) is 0 Å². The fourth-order valence-electron chi connectivity index (χ4n) is 2.53. The van der Waals surface area contributed by atoms with Crippen molar-refractivity contribution in [1.29, 1.82) is 0 Å². The van der Waals surface area contributed by atoms with Crippen molar-refractivity contribution in [2.24, 2.45) is 17.8 Å². The molecule has 0 aliphatic rings. The molecule has 0 heterocycles. The van der Waals surface area contributed by atoms with Gasteiger partial charge in [0.15, 0.2) is 0 Å². The Kier molecular flexibility index (Phi) is 8.25. The fraction of sp³-hybridized carbons (Fsp3) is 0.667. The van der Waals surface area contributed by atoms with E-state index in [0.29, 0.717) is 11.8 Å². The van der Waals surface area contributed by atoms with E-state index < -0.39 is 0 Å². The predicted molar refractivity (Wildman–Crippen MR) is 90.4 cm³/mol. The Hall–Kier alpha value is -0.530. The van der Waals surface area contributed by atoms with Crippen LogP contribution in [0.2, 0.25) is 5.02 Å². The maximum Gasteiger partial charge on any atom is 0.0438 e. The minimum atomic E-state index is 0.670. The molecule has 0 aliphatic carbocycles. The highest BCUT2D eigenvalue weighted by atomic mass is 35.5. The van der Waals surface area contributed by atoms with Crippen molar-refractivity contribution in [2.45, 2.75) is 47.0 Å². The Labute approximate surface area is 130 Å². The van der Waals surface area contributed by atoms with Crippen LogP contribution in [0.3, 0.4) is 0 Å². The summed E-state index contributed by atoms with van der Waals surface area (Å²) in [5.74, 6) is 2.16. The van der Waals surface area contributed by atoms with E-state index in [2.05, 4.69) is 45.1 Å². The lowest BCUT2D eigenvalue weighted by atomic mass is 9.89. The summed E-state index contributed by atoms with van der Waals surface area (Å²) >= 11 is 6.30. The zero-order valence-electron chi connectivity index (χ0n) is 13.5. The summed E-state index contributed by atoms with van der Waals surface area (Å²) in [6.07, 6.45) is 3.60. The molecule has 0 amide bonds. The summed E-state index contributed by atoms with van der Waals surface area (Å²) < 4.78 is 0. The zero-order valence-corrected chi connectivity index (χ0v) is 14.2. The summed E-state index contributed by atoms with van der Waals surface area (Å²) in [5.41, 5.74) is 1.29. The van der Waals surface area contributed by atoms with Gasteiger partial charge in [0.05, 0.1) is 0 Å². The van der Waals surface area contributed by atoms with Crippen LogP contribution in [-0.4, -0.2) is 13.1 Å². The molecule has 2 heteroatoms. The van der Waals surface area contributed by atoms with Gasteiger partial charge in [-0.15, -0.1) is 0 Å². The third-order valence-corrected chi connectivity index (χ3v) is 4.25. The van der Waals surface area contributed by atoms with E-state index in [1.165, 1.54) is 18.4 Å². The summed E-state index contributed by atoms with van der Waals surface area (Å²) in [6, 6.07) is 8.25. The van der Waals surface area contributed by atoms with Gasteiger partial charge in [-0.25, -0.2) is 0 Å².